The summed E-state index contributed by atoms with van der Waals surface area (Å²) in [6.07, 6.45) is 3.59. The van der Waals surface area contributed by atoms with Crippen molar-refractivity contribution in [3.63, 3.8) is 0 Å². The third-order valence-electron chi connectivity index (χ3n) is 3.83. The van der Waals surface area contributed by atoms with E-state index in [9.17, 15) is 0 Å². The molecule has 0 radical (unpaired) electrons. The van der Waals surface area contributed by atoms with Crippen LogP contribution in [0.2, 0.25) is 0 Å². The highest BCUT2D eigenvalue weighted by Crippen LogP contribution is 2.17. The predicted molar refractivity (Wildman–Crippen MR) is 79.0 cm³/mol. The van der Waals surface area contributed by atoms with Crippen molar-refractivity contribution >= 4 is 10.9 Å². The molecule has 0 fully saturated rings. The van der Waals surface area contributed by atoms with Crippen LogP contribution < -0.4 is 5.32 Å². The van der Waals surface area contributed by atoms with Gasteiger partial charge in [-0.3, -0.25) is 4.98 Å². The molecule has 2 aromatic rings. The smallest absolute Gasteiger partial charge is 0.0702 e. The number of fused-ring (bicyclic) bond motifs is 1. The number of nitrogens with zero attached hydrogens (tertiary/aromatic N) is 1. The molecule has 0 saturated heterocycles. The summed E-state index contributed by atoms with van der Waals surface area (Å²) in [4.78, 5) is 4.32. The van der Waals surface area contributed by atoms with E-state index in [1.807, 2.05) is 12.3 Å². The molecule has 0 aliphatic rings. The molecule has 1 aromatic heterocycles. The van der Waals surface area contributed by atoms with Gasteiger partial charge in [0.25, 0.3) is 0 Å². The normalized spacial score (nSPS) is 14.5. The largest absolute Gasteiger partial charge is 0.396 e. The van der Waals surface area contributed by atoms with Crippen LogP contribution >= 0.6 is 0 Å². The van der Waals surface area contributed by atoms with Gasteiger partial charge in [-0.05, 0) is 43.5 Å². The summed E-state index contributed by atoms with van der Waals surface area (Å²) >= 11 is 0. The number of nitrogens with one attached hydrogen (secondary N) is 1. The Bertz CT molecular complexity index is 541. The van der Waals surface area contributed by atoms with Crippen molar-refractivity contribution in [1.82, 2.24) is 10.3 Å². The monoisotopic (exact) mass is 258 g/mol. The second-order valence-corrected chi connectivity index (χ2v) is 5.27. The second-order valence-electron chi connectivity index (χ2n) is 5.27. The molecule has 0 bridgehead atoms. The fourth-order valence-electron chi connectivity index (χ4n) is 2.19. The number of hydrogen-bond acceptors (Lipinski definition) is 3. The van der Waals surface area contributed by atoms with Crippen molar-refractivity contribution < 1.29 is 5.11 Å². The van der Waals surface area contributed by atoms with Gasteiger partial charge in [0.15, 0.2) is 0 Å². The summed E-state index contributed by atoms with van der Waals surface area (Å²) in [6, 6.07) is 10.4. The molecule has 3 heteroatoms. The van der Waals surface area contributed by atoms with Gasteiger partial charge in [-0.15, -0.1) is 0 Å². The summed E-state index contributed by atoms with van der Waals surface area (Å²) in [5.74, 6) is 0. The lowest BCUT2D eigenvalue weighted by Gasteiger charge is -2.29. The van der Waals surface area contributed by atoms with Crippen molar-refractivity contribution in [3.8, 4) is 0 Å². The molecule has 1 atom stereocenters. The zero-order valence-electron chi connectivity index (χ0n) is 11.7. The van der Waals surface area contributed by atoms with Crippen LogP contribution in [0.1, 0.15) is 32.3 Å². The van der Waals surface area contributed by atoms with Crippen LogP contribution in [-0.4, -0.2) is 22.2 Å². The summed E-state index contributed by atoms with van der Waals surface area (Å²) in [5.41, 5.74) is 2.27. The maximum Gasteiger partial charge on any atom is 0.0702 e. The molecule has 1 unspecified atom stereocenters. The van der Waals surface area contributed by atoms with Gasteiger partial charge >= 0.3 is 0 Å². The summed E-state index contributed by atoms with van der Waals surface area (Å²) in [7, 11) is 0. The Morgan fingerprint density at radius 2 is 2.16 bits per heavy atom. The van der Waals surface area contributed by atoms with E-state index >= 15 is 0 Å². The van der Waals surface area contributed by atoms with Crippen LogP contribution in [0.3, 0.4) is 0 Å². The first-order chi connectivity index (χ1) is 9.17. The van der Waals surface area contributed by atoms with Gasteiger partial charge in [-0.2, -0.15) is 0 Å². The summed E-state index contributed by atoms with van der Waals surface area (Å²) in [5, 5.41) is 13.8. The molecule has 1 aromatic carbocycles. The van der Waals surface area contributed by atoms with Crippen LogP contribution in [0, 0.1) is 0 Å². The Kier molecular flexibility index (Phi) is 4.51. The highest BCUT2D eigenvalue weighted by atomic mass is 16.3. The zero-order valence-corrected chi connectivity index (χ0v) is 11.7. The zero-order chi connectivity index (χ0) is 13.7. The van der Waals surface area contributed by atoms with Crippen LogP contribution in [0.15, 0.2) is 36.5 Å². The molecule has 3 nitrogen and oxygen atoms in total. The molecule has 0 spiro atoms. The number of hydrogen-bond donors (Lipinski definition) is 2. The maximum absolute atomic E-state index is 9.12. The number of benzene rings is 1. The number of pyridine rings is 1. The Balaban J connectivity index is 2.09. The lowest BCUT2D eigenvalue weighted by molar-refractivity contribution is 0.214. The van der Waals surface area contributed by atoms with E-state index in [-0.39, 0.29) is 12.1 Å². The third kappa shape index (κ3) is 3.52. The summed E-state index contributed by atoms with van der Waals surface area (Å²) < 4.78 is 0. The average Bonchev–Trinajstić information content (AvgIpc) is 2.45. The van der Waals surface area contributed by atoms with Crippen molar-refractivity contribution in [2.45, 2.75) is 38.8 Å². The number of aromatic nitrogens is 1. The molecule has 1 heterocycles. The first-order valence-corrected chi connectivity index (χ1v) is 6.86. The van der Waals surface area contributed by atoms with Crippen molar-refractivity contribution in [2.75, 3.05) is 6.61 Å². The van der Waals surface area contributed by atoms with Crippen molar-refractivity contribution in [2.24, 2.45) is 0 Å². The second kappa shape index (κ2) is 6.13. The lowest BCUT2D eigenvalue weighted by atomic mass is 9.94. The van der Waals surface area contributed by atoms with Gasteiger partial charge in [0.2, 0.25) is 0 Å². The fourth-order valence-corrected chi connectivity index (χ4v) is 2.19. The Morgan fingerprint density at radius 3 is 2.89 bits per heavy atom. The molecule has 0 saturated carbocycles. The molecule has 19 heavy (non-hydrogen) atoms. The minimum Gasteiger partial charge on any atom is -0.396 e. The van der Waals surface area contributed by atoms with E-state index in [1.54, 1.807) is 0 Å². The topological polar surface area (TPSA) is 45.1 Å². The van der Waals surface area contributed by atoms with Gasteiger partial charge in [0.1, 0.15) is 0 Å². The minimum absolute atomic E-state index is 0.00134. The van der Waals surface area contributed by atoms with E-state index < -0.39 is 0 Å². The maximum atomic E-state index is 9.12. The highest BCUT2D eigenvalue weighted by Gasteiger charge is 2.20. The van der Waals surface area contributed by atoms with Crippen LogP contribution in [-0.2, 0) is 6.54 Å². The molecule has 0 aliphatic heterocycles. The van der Waals surface area contributed by atoms with Crippen molar-refractivity contribution in [1.29, 1.82) is 0 Å². The molecule has 102 valence electrons. The van der Waals surface area contributed by atoms with E-state index in [0.717, 1.165) is 24.9 Å². The molecule has 2 N–H and O–H groups in total. The first kappa shape index (κ1) is 14.0. The predicted octanol–water partition coefficient (Wildman–Crippen LogP) is 2.88. The summed E-state index contributed by atoms with van der Waals surface area (Å²) in [6.45, 7) is 5.34. The van der Waals surface area contributed by atoms with Gasteiger partial charge in [-0.1, -0.05) is 19.1 Å². The van der Waals surface area contributed by atoms with Crippen molar-refractivity contribution in [3.05, 3.63) is 42.1 Å². The van der Waals surface area contributed by atoms with Gasteiger partial charge < -0.3 is 10.4 Å². The number of rotatable bonds is 6. The van der Waals surface area contributed by atoms with Gasteiger partial charge in [0, 0.05) is 30.3 Å². The van der Waals surface area contributed by atoms with Crippen LogP contribution in [0.5, 0.6) is 0 Å². The average molecular weight is 258 g/mol. The standard InChI is InChI=1S/C16H22N2O/c1-3-16(2,8-10-19)18-12-13-6-7-15-14(11-13)5-4-9-17-15/h4-7,9,11,18-19H,3,8,10,12H2,1-2H3. The van der Waals surface area contributed by atoms with E-state index in [4.69, 9.17) is 5.11 Å². The van der Waals surface area contributed by atoms with E-state index in [1.165, 1.54) is 10.9 Å². The first-order valence-electron chi connectivity index (χ1n) is 6.86. The molecule has 2 rings (SSSR count). The Morgan fingerprint density at radius 1 is 1.32 bits per heavy atom. The Labute approximate surface area is 114 Å². The lowest BCUT2D eigenvalue weighted by Crippen LogP contribution is -2.42. The van der Waals surface area contributed by atoms with Gasteiger partial charge in [0.05, 0.1) is 5.52 Å². The minimum atomic E-state index is -0.00134. The highest BCUT2D eigenvalue weighted by molar-refractivity contribution is 5.78. The molecular weight excluding hydrogens is 236 g/mol. The SMILES string of the molecule is CCC(C)(CCO)NCc1ccc2ncccc2c1. The molecule has 0 aliphatic carbocycles. The van der Waals surface area contributed by atoms with E-state index in [0.29, 0.717) is 0 Å². The Hall–Kier alpha value is -1.45. The van der Waals surface area contributed by atoms with Crippen LogP contribution in [0.4, 0.5) is 0 Å². The fraction of sp³-hybridized carbons (Fsp3) is 0.438. The number of aliphatic hydroxyl groups is 1. The quantitative estimate of drug-likeness (QED) is 0.837. The number of aliphatic hydroxyl groups excluding tert-OH is 1. The van der Waals surface area contributed by atoms with Gasteiger partial charge in [-0.25, -0.2) is 0 Å². The van der Waals surface area contributed by atoms with E-state index in [2.05, 4.69) is 48.4 Å². The molecular formula is C16H22N2O. The molecule has 0 amide bonds. The third-order valence-corrected chi connectivity index (χ3v) is 3.83. The van der Waals surface area contributed by atoms with Crippen LogP contribution in [0.25, 0.3) is 10.9 Å².